The number of fused-ring (bicyclic) bond motifs is 1. The summed E-state index contributed by atoms with van der Waals surface area (Å²) in [6.45, 7) is 6.95. The van der Waals surface area contributed by atoms with Gasteiger partial charge in [-0.1, -0.05) is 6.07 Å². The van der Waals surface area contributed by atoms with Gasteiger partial charge in [-0.05, 0) is 38.5 Å². The average molecular weight is 261 g/mol. The van der Waals surface area contributed by atoms with Crippen LogP contribution in [0.15, 0.2) is 18.2 Å². The Labute approximate surface area is 114 Å². The number of nitrogens with two attached hydrogens (primary N) is 1. The van der Waals surface area contributed by atoms with E-state index in [0.717, 1.165) is 17.8 Å². The number of benzene rings is 1. The fraction of sp³-hybridized carbons (Fsp3) is 0.533. The zero-order chi connectivity index (χ0) is 14.0. The summed E-state index contributed by atoms with van der Waals surface area (Å²) in [4.78, 5) is 4.76. The van der Waals surface area contributed by atoms with E-state index in [4.69, 9.17) is 15.5 Å². The summed E-state index contributed by atoms with van der Waals surface area (Å²) in [5.74, 6) is 1.05. The van der Waals surface area contributed by atoms with Gasteiger partial charge in [0.25, 0.3) is 0 Å². The van der Waals surface area contributed by atoms with Gasteiger partial charge >= 0.3 is 0 Å². The summed E-state index contributed by atoms with van der Waals surface area (Å²) < 4.78 is 7.65. The first-order chi connectivity index (χ1) is 9.06. The zero-order valence-corrected chi connectivity index (χ0v) is 12.2. The van der Waals surface area contributed by atoms with Crippen LogP contribution in [0.3, 0.4) is 0 Å². The van der Waals surface area contributed by atoms with E-state index in [1.165, 1.54) is 11.1 Å². The number of methoxy groups -OCH3 is 1. The monoisotopic (exact) mass is 261 g/mol. The second-order valence-electron chi connectivity index (χ2n) is 5.28. The largest absolute Gasteiger partial charge is 0.380 e. The molecule has 0 radical (unpaired) electrons. The third kappa shape index (κ3) is 2.80. The maximum Gasteiger partial charge on any atom is 0.112 e. The Balaban J connectivity index is 2.49. The number of hydrogen-bond acceptors (Lipinski definition) is 3. The molecule has 1 atom stereocenters. The number of ether oxygens (including phenoxy) is 1. The van der Waals surface area contributed by atoms with Crippen molar-refractivity contribution in [1.29, 1.82) is 0 Å². The van der Waals surface area contributed by atoms with Crippen molar-refractivity contribution in [3.63, 3.8) is 0 Å². The number of imidazole rings is 1. The number of rotatable bonds is 5. The van der Waals surface area contributed by atoms with Gasteiger partial charge < -0.3 is 15.0 Å². The Bertz CT molecular complexity index is 556. The van der Waals surface area contributed by atoms with Gasteiger partial charge in [0, 0.05) is 26.1 Å². The van der Waals surface area contributed by atoms with Crippen molar-refractivity contribution in [1.82, 2.24) is 9.55 Å². The summed E-state index contributed by atoms with van der Waals surface area (Å²) in [5.41, 5.74) is 9.18. The van der Waals surface area contributed by atoms with Gasteiger partial charge in [-0.15, -0.1) is 0 Å². The smallest absolute Gasteiger partial charge is 0.112 e. The molecule has 2 aromatic rings. The van der Waals surface area contributed by atoms with E-state index >= 15 is 0 Å². The highest BCUT2D eigenvalue weighted by Crippen LogP contribution is 2.23. The molecule has 19 heavy (non-hydrogen) atoms. The second kappa shape index (κ2) is 5.72. The summed E-state index contributed by atoms with van der Waals surface area (Å²) in [5, 5.41) is 0. The molecule has 4 heteroatoms. The molecule has 0 amide bonds. The predicted molar refractivity (Wildman–Crippen MR) is 78.4 cm³/mol. The van der Waals surface area contributed by atoms with Gasteiger partial charge in [0.2, 0.25) is 0 Å². The van der Waals surface area contributed by atoms with Crippen LogP contribution in [0.2, 0.25) is 0 Å². The predicted octanol–water partition coefficient (Wildman–Crippen LogP) is 2.44. The van der Waals surface area contributed by atoms with Gasteiger partial charge in [0.15, 0.2) is 0 Å². The van der Waals surface area contributed by atoms with Crippen LogP contribution in [0, 0.1) is 6.92 Å². The van der Waals surface area contributed by atoms with Crippen molar-refractivity contribution in [3.8, 4) is 0 Å². The lowest BCUT2D eigenvalue weighted by atomic mass is 10.2. The van der Waals surface area contributed by atoms with E-state index in [-0.39, 0.29) is 6.10 Å². The van der Waals surface area contributed by atoms with E-state index in [0.29, 0.717) is 12.6 Å². The first-order valence-electron chi connectivity index (χ1n) is 6.77. The molecule has 0 aliphatic carbocycles. The Hall–Kier alpha value is -1.39. The molecule has 104 valence electrons. The van der Waals surface area contributed by atoms with E-state index in [1.807, 2.05) is 0 Å². The number of aryl methyl sites for hydroxylation is 1. The van der Waals surface area contributed by atoms with E-state index < -0.39 is 0 Å². The maximum atomic E-state index is 5.71. The van der Waals surface area contributed by atoms with Gasteiger partial charge in [0.1, 0.15) is 5.82 Å². The van der Waals surface area contributed by atoms with E-state index in [2.05, 4.69) is 43.5 Å². The third-order valence-corrected chi connectivity index (χ3v) is 3.44. The van der Waals surface area contributed by atoms with E-state index in [1.54, 1.807) is 7.11 Å². The van der Waals surface area contributed by atoms with Crippen LogP contribution in [-0.2, 0) is 11.2 Å². The summed E-state index contributed by atoms with van der Waals surface area (Å²) >= 11 is 0. The second-order valence-corrected chi connectivity index (χ2v) is 5.28. The lowest BCUT2D eigenvalue weighted by molar-refractivity contribution is 0.107. The van der Waals surface area contributed by atoms with Crippen molar-refractivity contribution in [2.24, 2.45) is 5.73 Å². The molecule has 0 saturated heterocycles. The molecular formula is C15H23N3O. The van der Waals surface area contributed by atoms with Crippen molar-refractivity contribution in [3.05, 3.63) is 29.6 Å². The minimum atomic E-state index is 0.0235. The molecule has 2 N–H and O–H groups in total. The standard InChI is InChI=1S/C15H23N3O/c1-10(2)18-14-6-5-11(3)7-13(14)17-15(18)8-12(9-16)19-4/h5-7,10,12H,8-9,16H2,1-4H3. The Morgan fingerprint density at radius 2 is 2.11 bits per heavy atom. The first-order valence-corrected chi connectivity index (χ1v) is 6.77. The van der Waals surface area contributed by atoms with Crippen LogP contribution in [-0.4, -0.2) is 29.3 Å². The number of hydrogen-bond donors (Lipinski definition) is 1. The van der Waals surface area contributed by atoms with Crippen LogP contribution < -0.4 is 5.73 Å². The third-order valence-electron chi connectivity index (χ3n) is 3.44. The van der Waals surface area contributed by atoms with Crippen LogP contribution in [0.5, 0.6) is 0 Å². The molecule has 0 aliphatic rings. The molecule has 1 unspecified atom stereocenters. The average Bonchev–Trinajstić information content (AvgIpc) is 2.72. The molecule has 1 heterocycles. The van der Waals surface area contributed by atoms with Gasteiger partial charge in [-0.2, -0.15) is 0 Å². The maximum absolute atomic E-state index is 5.71. The molecule has 1 aromatic carbocycles. The normalized spacial score (nSPS) is 13.4. The molecule has 0 spiro atoms. The minimum absolute atomic E-state index is 0.0235. The fourth-order valence-corrected chi connectivity index (χ4v) is 2.45. The van der Waals surface area contributed by atoms with Gasteiger partial charge in [0.05, 0.1) is 17.1 Å². The van der Waals surface area contributed by atoms with Crippen molar-refractivity contribution >= 4 is 11.0 Å². The van der Waals surface area contributed by atoms with Crippen LogP contribution >= 0.6 is 0 Å². The lowest BCUT2D eigenvalue weighted by Crippen LogP contribution is -2.26. The van der Waals surface area contributed by atoms with Crippen LogP contribution in [0.1, 0.15) is 31.3 Å². The van der Waals surface area contributed by atoms with Gasteiger partial charge in [-0.3, -0.25) is 0 Å². The molecule has 2 rings (SSSR count). The Kier molecular flexibility index (Phi) is 4.22. The van der Waals surface area contributed by atoms with Crippen molar-refractivity contribution in [2.45, 2.75) is 39.3 Å². The highest BCUT2D eigenvalue weighted by molar-refractivity contribution is 5.77. The fourth-order valence-electron chi connectivity index (χ4n) is 2.45. The molecule has 1 aromatic heterocycles. The van der Waals surface area contributed by atoms with Crippen molar-refractivity contribution < 1.29 is 4.74 Å². The molecule has 0 fully saturated rings. The molecule has 0 aliphatic heterocycles. The number of aromatic nitrogens is 2. The Morgan fingerprint density at radius 3 is 2.68 bits per heavy atom. The molecule has 0 saturated carbocycles. The zero-order valence-electron chi connectivity index (χ0n) is 12.2. The summed E-state index contributed by atoms with van der Waals surface area (Å²) in [6.07, 6.45) is 0.772. The lowest BCUT2D eigenvalue weighted by Gasteiger charge is -2.16. The quantitative estimate of drug-likeness (QED) is 0.899. The minimum Gasteiger partial charge on any atom is -0.380 e. The first kappa shape index (κ1) is 14.0. The number of nitrogens with zero attached hydrogens (tertiary/aromatic N) is 2. The SMILES string of the molecule is COC(CN)Cc1nc2cc(C)ccc2n1C(C)C. The summed E-state index contributed by atoms with van der Waals surface area (Å²) in [7, 11) is 1.70. The topological polar surface area (TPSA) is 53.1 Å². The van der Waals surface area contributed by atoms with Crippen LogP contribution in [0.25, 0.3) is 11.0 Å². The molecule has 4 nitrogen and oxygen atoms in total. The van der Waals surface area contributed by atoms with Crippen LogP contribution in [0.4, 0.5) is 0 Å². The molecular weight excluding hydrogens is 238 g/mol. The summed E-state index contributed by atoms with van der Waals surface area (Å²) in [6, 6.07) is 6.77. The Morgan fingerprint density at radius 1 is 1.37 bits per heavy atom. The highest BCUT2D eigenvalue weighted by atomic mass is 16.5. The highest BCUT2D eigenvalue weighted by Gasteiger charge is 2.16. The van der Waals surface area contributed by atoms with Gasteiger partial charge in [-0.25, -0.2) is 4.98 Å². The van der Waals surface area contributed by atoms with Crippen molar-refractivity contribution in [2.75, 3.05) is 13.7 Å². The molecule has 0 bridgehead atoms. The van der Waals surface area contributed by atoms with E-state index in [9.17, 15) is 0 Å².